The first kappa shape index (κ1) is 10.0. The molecule has 1 spiro atoms. The van der Waals surface area contributed by atoms with Crippen LogP contribution in [-0.2, 0) is 4.79 Å². The van der Waals surface area contributed by atoms with Crippen LogP contribution in [0.15, 0.2) is 0 Å². The lowest BCUT2D eigenvalue weighted by Crippen LogP contribution is -2.64. The Labute approximate surface area is 86.7 Å². The van der Waals surface area contributed by atoms with Gasteiger partial charge in [0.1, 0.15) is 0 Å². The quantitative estimate of drug-likeness (QED) is 0.662. The average molecular weight is 195 g/mol. The molecule has 0 unspecified atom stereocenters. The zero-order chi connectivity index (χ0) is 10.3. The number of carbonyl (C=O) groups excluding carboxylic acids is 1. The summed E-state index contributed by atoms with van der Waals surface area (Å²) in [6.45, 7) is 8.66. The van der Waals surface area contributed by atoms with E-state index in [9.17, 15) is 4.79 Å². The van der Waals surface area contributed by atoms with Crippen molar-refractivity contribution in [3.05, 3.63) is 0 Å². The Morgan fingerprint density at radius 1 is 1.43 bits per heavy atom. The maximum atomic E-state index is 11.4. The Hall–Kier alpha value is -0.530. The van der Waals surface area contributed by atoms with Gasteiger partial charge in [-0.15, -0.1) is 0 Å². The van der Waals surface area contributed by atoms with Crippen molar-refractivity contribution in [3.8, 4) is 0 Å². The molecule has 1 amide bonds. The Morgan fingerprint density at radius 2 is 2.00 bits per heavy atom. The number of nitrogens with zero attached hydrogens (tertiary/aromatic N) is 1. The van der Waals surface area contributed by atoms with Gasteiger partial charge >= 0.3 is 0 Å². The van der Waals surface area contributed by atoms with Crippen molar-refractivity contribution in [1.29, 1.82) is 0 Å². The molecule has 0 aromatic heterocycles. The van der Waals surface area contributed by atoms with E-state index in [2.05, 4.69) is 13.8 Å². The monoisotopic (exact) mass is 195 g/mol. The maximum Gasteiger partial charge on any atom is 0.222 e. The van der Waals surface area contributed by atoms with Crippen molar-refractivity contribution in [3.63, 3.8) is 0 Å². The van der Waals surface area contributed by atoms with Gasteiger partial charge < -0.3 is 4.90 Å². The van der Waals surface area contributed by atoms with E-state index in [4.69, 9.17) is 0 Å². The first-order valence-electron chi connectivity index (χ1n) is 5.84. The first-order chi connectivity index (χ1) is 6.56. The van der Waals surface area contributed by atoms with Crippen molar-refractivity contribution in [1.82, 2.24) is 4.90 Å². The predicted molar refractivity (Wildman–Crippen MR) is 56.9 cm³/mol. The minimum atomic E-state index is 0.337. The van der Waals surface area contributed by atoms with Crippen LogP contribution in [0.3, 0.4) is 0 Å². The number of amides is 1. The summed E-state index contributed by atoms with van der Waals surface area (Å²) in [5.41, 5.74) is 0.555. The molecule has 1 aliphatic carbocycles. The van der Waals surface area contributed by atoms with E-state index in [1.807, 2.05) is 11.8 Å². The van der Waals surface area contributed by atoms with Gasteiger partial charge in [0.2, 0.25) is 5.91 Å². The topological polar surface area (TPSA) is 20.3 Å². The highest BCUT2D eigenvalue weighted by molar-refractivity contribution is 5.76. The molecule has 0 atom stereocenters. The molecular weight excluding hydrogens is 174 g/mol. The summed E-state index contributed by atoms with van der Waals surface area (Å²) < 4.78 is 0. The fraction of sp³-hybridized carbons (Fsp3) is 0.917. The minimum absolute atomic E-state index is 0.337. The number of rotatable bonds is 2. The van der Waals surface area contributed by atoms with Crippen LogP contribution < -0.4 is 0 Å². The molecule has 2 heteroatoms. The van der Waals surface area contributed by atoms with Crippen LogP contribution in [-0.4, -0.2) is 23.9 Å². The van der Waals surface area contributed by atoms with Crippen LogP contribution in [0, 0.1) is 17.3 Å². The third-order valence-corrected chi connectivity index (χ3v) is 4.04. The molecule has 0 aromatic carbocycles. The largest absolute Gasteiger partial charge is 0.341 e. The highest BCUT2D eigenvalue weighted by Gasteiger charge is 2.53. The molecule has 1 saturated heterocycles. The Bertz CT molecular complexity index is 233. The Morgan fingerprint density at radius 3 is 2.43 bits per heavy atom. The highest BCUT2D eigenvalue weighted by Crippen LogP contribution is 2.54. The molecule has 1 heterocycles. The zero-order valence-corrected chi connectivity index (χ0v) is 9.55. The third-order valence-electron chi connectivity index (χ3n) is 4.04. The fourth-order valence-electron chi connectivity index (χ4n) is 2.95. The van der Waals surface area contributed by atoms with Crippen molar-refractivity contribution in [2.45, 2.75) is 40.0 Å². The predicted octanol–water partition coefficient (Wildman–Crippen LogP) is 2.29. The molecular formula is C12H21NO. The summed E-state index contributed by atoms with van der Waals surface area (Å²) in [5, 5.41) is 0. The van der Waals surface area contributed by atoms with Crippen LogP contribution in [0.25, 0.3) is 0 Å². The van der Waals surface area contributed by atoms with Gasteiger partial charge in [-0.25, -0.2) is 0 Å². The normalized spacial score (nSPS) is 25.0. The first-order valence-corrected chi connectivity index (χ1v) is 5.84. The van der Waals surface area contributed by atoms with E-state index in [1.54, 1.807) is 0 Å². The lowest BCUT2D eigenvalue weighted by Gasteiger charge is -2.60. The van der Waals surface area contributed by atoms with Crippen LogP contribution in [0.2, 0.25) is 0 Å². The molecule has 0 radical (unpaired) electrons. The number of likely N-dealkylation sites (tertiary alicyclic amines) is 1. The van der Waals surface area contributed by atoms with Crippen LogP contribution in [0.4, 0.5) is 0 Å². The number of hydrogen-bond donors (Lipinski definition) is 0. The Kier molecular flexibility index (Phi) is 2.32. The summed E-state index contributed by atoms with van der Waals surface area (Å²) >= 11 is 0. The van der Waals surface area contributed by atoms with E-state index < -0.39 is 0 Å². The molecule has 0 aromatic rings. The van der Waals surface area contributed by atoms with Crippen LogP contribution >= 0.6 is 0 Å². The second-order valence-electron chi connectivity index (χ2n) is 5.52. The van der Waals surface area contributed by atoms with Gasteiger partial charge in [-0.05, 0) is 24.7 Å². The second kappa shape index (κ2) is 3.25. The number of hydrogen-bond acceptors (Lipinski definition) is 1. The van der Waals surface area contributed by atoms with Crippen molar-refractivity contribution in [2.75, 3.05) is 13.1 Å². The van der Waals surface area contributed by atoms with E-state index in [0.29, 0.717) is 17.7 Å². The smallest absolute Gasteiger partial charge is 0.222 e. The summed E-state index contributed by atoms with van der Waals surface area (Å²) in [4.78, 5) is 13.4. The summed E-state index contributed by atoms with van der Waals surface area (Å²) in [6.07, 6.45) is 3.39. The minimum Gasteiger partial charge on any atom is -0.341 e. The molecule has 2 nitrogen and oxygen atoms in total. The van der Waals surface area contributed by atoms with Crippen LogP contribution in [0.5, 0.6) is 0 Å². The van der Waals surface area contributed by atoms with Crippen molar-refractivity contribution >= 4 is 5.91 Å². The maximum absolute atomic E-state index is 11.4. The van der Waals surface area contributed by atoms with Gasteiger partial charge in [-0.1, -0.05) is 20.8 Å². The molecule has 1 aliphatic heterocycles. The van der Waals surface area contributed by atoms with Gasteiger partial charge in [0.15, 0.2) is 0 Å². The summed E-state index contributed by atoms with van der Waals surface area (Å²) in [6, 6.07) is 0. The Balaban J connectivity index is 1.77. The van der Waals surface area contributed by atoms with Crippen molar-refractivity contribution < 1.29 is 4.79 Å². The van der Waals surface area contributed by atoms with Gasteiger partial charge in [0.25, 0.3) is 0 Å². The van der Waals surface area contributed by atoms with E-state index >= 15 is 0 Å². The number of carbonyl (C=O) groups is 1. The molecule has 2 fully saturated rings. The highest BCUT2D eigenvalue weighted by atomic mass is 16.2. The molecule has 0 bridgehead atoms. The second-order valence-corrected chi connectivity index (χ2v) is 5.52. The fourth-order valence-corrected chi connectivity index (χ4v) is 2.95. The average Bonchev–Trinajstić information content (AvgIpc) is 1.98. The molecule has 0 N–H and O–H groups in total. The summed E-state index contributed by atoms with van der Waals surface area (Å²) in [7, 11) is 0. The van der Waals surface area contributed by atoms with Gasteiger partial charge in [0.05, 0.1) is 0 Å². The molecule has 1 saturated carbocycles. The molecule has 2 aliphatic rings. The van der Waals surface area contributed by atoms with Gasteiger partial charge in [-0.2, -0.15) is 0 Å². The lowest BCUT2D eigenvalue weighted by molar-refractivity contribution is -0.157. The molecule has 80 valence electrons. The van der Waals surface area contributed by atoms with E-state index in [0.717, 1.165) is 24.9 Å². The van der Waals surface area contributed by atoms with E-state index in [-0.39, 0.29) is 0 Å². The lowest BCUT2D eigenvalue weighted by atomic mass is 9.55. The molecule has 14 heavy (non-hydrogen) atoms. The van der Waals surface area contributed by atoms with Gasteiger partial charge in [0, 0.05) is 24.9 Å². The SMILES string of the molecule is CCC(=O)N1CC2(CC(C(C)C)C2)C1. The van der Waals surface area contributed by atoms with Gasteiger partial charge in [-0.3, -0.25) is 4.79 Å². The standard InChI is InChI=1S/C12H21NO/c1-4-11(14)13-7-12(8-13)5-10(6-12)9(2)3/h9-10H,4-8H2,1-3H3. The summed E-state index contributed by atoms with van der Waals surface area (Å²) in [5.74, 6) is 2.09. The van der Waals surface area contributed by atoms with E-state index in [1.165, 1.54) is 12.8 Å². The van der Waals surface area contributed by atoms with Crippen LogP contribution in [0.1, 0.15) is 40.0 Å². The van der Waals surface area contributed by atoms with Crippen molar-refractivity contribution in [2.24, 2.45) is 17.3 Å². The third kappa shape index (κ3) is 1.45. The molecule has 2 rings (SSSR count). The zero-order valence-electron chi connectivity index (χ0n) is 9.55.